The van der Waals surface area contributed by atoms with Crippen LogP contribution >= 0.6 is 22.7 Å². The molecule has 142 valence electrons. The van der Waals surface area contributed by atoms with Crippen molar-refractivity contribution in [2.75, 3.05) is 24.7 Å². The van der Waals surface area contributed by atoms with Gasteiger partial charge < -0.3 is 10.6 Å². The fourth-order valence-electron chi connectivity index (χ4n) is 2.90. The highest BCUT2D eigenvalue weighted by Gasteiger charge is 2.12. The smallest absolute Gasteiger partial charge is 0.181 e. The Morgan fingerprint density at radius 2 is 1.82 bits per heavy atom. The predicted molar refractivity (Wildman–Crippen MR) is 116 cm³/mol. The highest BCUT2D eigenvalue weighted by molar-refractivity contribution is 7.22. The minimum atomic E-state index is 0.113. The second-order valence-corrected chi connectivity index (χ2v) is 8.81. The second-order valence-electron chi connectivity index (χ2n) is 6.69. The lowest BCUT2D eigenvalue weighted by atomic mass is 10.1. The summed E-state index contributed by atoms with van der Waals surface area (Å²) < 4.78 is 1.00. The monoisotopic (exact) mass is 409 g/mol. The van der Waals surface area contributed by atoms with Crippen molar-refractivity contribution in [1.29, 1.82) is 0 Å². The number of hydrogen-bond acceptors (Lipinski definition) is 8. The van der Waals surface area contributed by atoms with Crippen molar-refractivity contribution < 1.29 is 4.79 Å². The summed E-state index contributed by atoms with van der Waals surface area (Å²) in [5.41, 5.74) is 9.71. The Bertz CT molecular complexity index is 1130. The molecule has 0 aliphatic carbocycles. The van der Waals surface area contributed by atoms with Gasteiger partial charge in [-0.25, -0.2) is 4.98 Å². The van der Waals surface area contributed by atoms with Crippen molar-refractivity contribution in [2.45, 2.75) is 12.8 Å². The van der Waals surface area contributed by atoms with Gasteiger partial charge in [-0.05, 0) is 42.0 Å². The Kier molecular flexibility index (Phi) is 5.06. The van der Waals surface area contributed by atoms with E-state index < -0.39 is 0 Å². The first-order valence-electron chi connectivity index (χ1n) is 8.75. The van der Waals surface area contributed by atoms with Gasteiger partial charge in [-0.2, -0.15) is 0 Å². The van der Waals surface area contributed by atoms with Gasteiger partial charge in [-0.1, -0.05) is 28.7 Å². The molecule has 2 aromatic heterocycles. The molecule has 0 saturated heterocycles. The van der Waals surface area contributed by atoms with Gasteiger partial charge in [0.25, 0.3) is 0 Å². The van der Waals surface area contributed by atoms with E-state index in [1.807, 2.05) is 61.5 Å². The van der Waals surface area contributed by atoms with E-state index in [9.17, 15) is 4.79 Å². The maximum absolute atomic E-state index is 12.5. The summed E-state index contributed by atoms with van der Waals surface area (Å²) >= 11 is 2.90. The molecule has 0 fully saturated rings. The summed E-state index contributed by atoms with van der Waals surface area (Å²) in [5, 5.41) is 10.5. The van der Waals surface area contributed by atoms with Gasteiger partial charge in [0.15, 0.2) is 5.13 Å². The van der Waals surface area contributed by atoms with Crippen LogP contribution in [-0.2, 0) is 17.6 Å². The third-order valence-electron chi connectivity index (χ3n) is 4.32. The number of fused-ring (bicyclic) bond motifs is 1. The van der Waals surface area contributed by atoms with Crippen LogP contribution in [0.5, 0.6) is 0 Å². The molecule has 0 amide bonds. The molecule has 0 bridgehead atoms. The minimum Gasteiger partial charge on any atom is -0.378 e. The zero-order valence-corrected chi connectivity index (χ0v) is 17.2. The van der Waals surface area contributed by atoms with E-state index in [0.717, 1.165) is 37.0 Å². The van der Waals surface area contributed by atoms with Crippen molar-refractivity contribution >= 4 is 49.5 Å². The van der Waals surface area contributed by atoms with Crippen molar-refractivity contribution in [2.24, 2.45) is 0 Å². The summed E-state index contributed by atoms with van der Waals surface area (Å²) in [5.74, 6) is 0.113. The molecular formula is C20H19N5OS2. The fourth-order valence-corrected chi connectivity index (χ4v) is 4.57. The molecule has 0 radical (unpaired) electrons. The molecule has 0 aliphatic rings. The highest BCUT2D eigenvalue weighted by atomic mass is 32.1. The number of aromatic nitrogens is 3. The van der Waals surface area contributed by atoms with Gasteiger partial charge in [-0.3, -0.25) is 4.79 Å². The van der Waals surface area contributed by atoms with E-state index in [1.54, 1.807) is 0 Å². The lowest BCUT2D eigenvalue weighted by Gasteiger charge is -2.11. The Balaban J connectivity index is 1.43. The summed E-state index contributed by atoms with van der Waals surface area (Å²) in [4.78, 5) is 18.8. The van der Waals surface area contributed by atoms with Crippen molar-refractivity contribution in [3.63, 3.8) is 0 Å². The van der Waals surface area contributed by atoms with Gasteiger partial charge >= 0.3 is 0 Å². The molecule has 0 saturated carbocycles. The van der Waals surface area contributed by atoms with Crippen LogP contribution in [0.3, 0.4) is 0 Å². The number of carbonyl (C=O) groups excluding carboxylic acids is 1. The van der Waals surface area contributed by atoms with Crippen LogP contribution in [0.25, 0.3) is 20.8 Å². The van der Waals surface area contributed by atoms with E-state index in [0.29, 0.717) is 11.6 Å². The van der Waals surface area contributed by atoms with Crippen LogP contribution < -0.4 is 10.6 Å². The number of nitrogens with zero attached hydrogens (tertiary/aromatic N) is 4. The van der Waals surface area contributed by atoms with Crippen molar-refractivity contribution in [1.82, 2.24) is 15.2 Å². The molecule has 2 aromatic carbocycles. The molecule has 0 spiro atoms. The van der Waals surface area contributed by atoms with Crippen molar-refractivity contribution in [3.8, 4) is 10.6 Å². The van der Waals surface area contributed by atoms with E-state index in [2.05, 4.69) is 15.2 Å². The maximum Gasteiger partial charge on any atom is 0.181 e. The molecule has 0 atom stereocenters. The summed E-state index contributed by atoms with van der Waals surface area (Å²) in [7, 11) is 4.01. The molecule has 2 N–H and O–H groups in total. The van der Waals surface area contributed by atoms with Crippen LogP contribution in [0.4, 0.5) is 10.8 Å². The van der Waals surface area contributed by atoms with Gasteiger partial charge in [0.2, 0.25) is 0 Å². The SMILES string of the molecule is CN(C)c1ccc(-c2nnc(CC(=O)Cc3ccc4nc(N)sc4c3)s2)cc1. The zero-order chi connectivity index (χ0) is 19.7. The standard InChI is InChI=1S/C20H19N5OS2/c1-25(2)14-6-4-13(5-7-14)19-24-23-18(28-19)11-15(26)9-12-3-8-16-17(10-12)27-20(21)22-16/h3-8,10H,9,11H2,1-2H3,(H2,21,22). The van der Waals surface area contributed by atoms with Gasteiger partial charge in [0.1, 0.15) is 15.8 Å². The second kappa shape index (κ2) is 7.65. The van der Waals surface area contributed by atoms with E-state index in [-0.39, 0.29) is 12.2 Å². The lowest BCUT2D eigenvalue weighted by molar-refractivity contribution is -0.117. The molecule has 0 aliphatic heterocycles. The van der Waals surface area contributed by atoms with E-state index in [4.69, 9.17) is 5.73 Å². The maximum atomic E-state index is 12.5. The van der Waals surface area contributed by atoms with E-state index >= 15 is 0 Å². The third kappa shape index (κ3) is 4.02. The molecule has 28 heavy (non-hydrogen) atoms. The van der Waals surface area contributed by atoms with Gasteiger partial charge in [0, 0.05) is 31.8 Å². The first kappa shape index (κ1) is 18.5. The van der Waals surface area contributed by atoms with Gasteiger partial charge in [-0.15, -0.1) is 10.2 Å². The molecule has 8 heteroatoms. The molecule has 0 unspecified atom stereocenters. The van der Waals surface area contributed by atoms with Crippen LogP contribution in [-0.4, -0.2) is 35.1 Å². The topological polar surface area (TPSA) is 85.0 Å². The van der Waals surface area contributed by atoms with Gasteiger partial charge in [0.05, 0.1) is 16.6 Å². The summed E-state index contributed by atoms with van der Waals surface area (Å²) in [6.07, 6.45) is 0.649. The Labute approximate surface area is 170 Å². The van der Waals surface area contributed by atoms with Crippen LogP contribution in [0.1, 0.15) is 10.6 Å². The molecular weight excluding hydrogens is 390 g/mol. The first-order chi connectivity index (χ1) is 13.5. The normalized spacial score (nSPS) is 11.1. The zero-order valence-electron chi connectivity index (χ0n) is 15.5. The average molecular weight is 410 g/mol. The number of rotatable bonds is 6. The predicted octanol–water partition coefficient (Wildman–Crippen LogP) is 3.82. The number of Topliss-reactive ketones (excluding diaryl/α,β-unsaturated/α-hetero) is 1. The number of benzene rings is 2. The number of carbonyl (C=O) groups is 1. The quantitative estimate of drug-likeness (QED) is 0.521. The van der Waals surface area contributed by atoms with Crippen LogP contribution in [0.2, 0.25) is 0 Å². The third-order valence-corrected chi connectivity index (χ3v) is 6.14. The Morgan fingerprint density at radius 1 is 1.04 bits per heavy atom. The highest BCUT2D eigenvalue weighted by Crippen LogP contribution is 2.27. The van der Waals surface area contributed by atoms with Crippen LogP contribution in [0.15, 0.2) is 42.5 Å². The fraction of sp³-hybridized carbons (Fsp3) is 0.200. The largest absolute Gasteiger partial charge is 0.378 e. The lowest BCUT2D eigenvalue weighted by Crippen LogP contribution is -2.07. The van der Waals surface area contributed by atoms with Crippen LogP contribution in [0, 0.1) is 0 Å². The molecule has 6 nitrogen and oxygen atoms in total. The number of thiazole rings is 1. The molecule has 4 aromatic rings. The number of ketones is 1. The number of nitrogens with two attached hydrogens (primary N) is 1. The van der Waals surface area contributed by atoms with E-state index in [1.165, 1.54) is 22.7 Å². The number of nitrogen functional groups attached to an aromatic ring is 1. The number of anilines is 2. The average Bonchev–Trinajstić information content (AvgIpc) is 3.27. The Hall–Kier alpha value is -2.84. The minimum absolute atomic E-state index is 0.113. The first-order valence-corrected chi connectivity index (χ1v) is 10.4. The number of hydrogen-bond donors (Lipinski definition) is 1. The molecule has 4 rings (SSSR count). The molecule has 2 heterocycles. The Morgan fingerprint density at radius 3 is 2.57 bits per heavy atom. The summed E-state index contributed by atoms with van der Waals surface area (Å²) in [6.45, 7) is 0. The van der Waals surface area contributed by atoms with Crippen molar-refractivity contribution in [3.05, 3.63) is 53.0 Å². The summed E-state index contributed by atoms with van der Waals surface area (Å²) in [6, 6.07) is 14.0.